The SMILES string of the molecule is Cc1ccc2nc(CCCl)n(CCc3csc(C)n3)c2c1. The highest BCUT2D eigenvalue weighted by atomic mass is 35.5. The number of thiazole rings is 1. The van der Waals surface area contributed by atoms with Crippen LogP contribution in [0.25, 0.3) is 11.0 Å². The number of hydrogen-bond acceptors (Lipinski definition) is 3. The molecule has 1 aromatic carbocycles. The van der Waals surface area contributed by atoms with Crippen molar-refractivity contribution in [3.63, 3.8) is 0 Å². The lowest BCUT2D eigenvalue weighted by atomic mass is 10.2. The highest BCUT2D eigenvalue weighted by Gasteiger charge is 2.11. The molecule has 2 heterocycles. The third-order valence-corrected chi connectivity index (χ3v) is 4.57. The summed E-state index contributed by atoms with van der Waals surface area (Å²) in [6.45, 7) is 5.06. The lowest BCUT2D eigenvalue weighted by Gasteiger charge is -2.07. The van der Waals surface area contributed by atoms with Crippen molar-refractivity contribution in [2.75, 3.05) is 5.88 Å². The summed E-state index contributed by atoms with van der Waals surface area (Å²) < 4.78 is 2.29. The Bertz CT molecular complexity index is 760. The van der Waals surface area contributed by atoms with Crippen LogP contribution in [0.4, 0.5) is 0 Å². The number of rotatable bonds is 5. The molecule has 0 amide bonds. The molecule has 3 aromatic rings. The van der Waals surface area contributed by atoms with E-state index >= 15 is 0 Å². The first-order valence-corrected chi connectivity index (χ1v) is 8.51. The Labute approximate surface area is 133 Å². The summed E-state index contributed by atoms with van der Waals surface area (Å²) in [5, 5.41) is 3.26. The Morgan fingerprint density at radius 1 is 1.19 bits per heavy atom. The Morgan fingerprint density at radius 2 is 2.05 bits per heavy atom. The van der Waals surface area contributed by atoms with Crippen LogP contribution in [0.1, 0.15) is 22.1 Å². The van der Waals surface area contributed by atoms with E-state index in [0.717, 1.165) is 41.4 Å². The minimum absolute atomic E-state index is 0.595. The second-order valence-electron chi connectivity index (χ2n) is 5.22. The Kier molecular flexibility index (Phi) is 4.27. The topological polar surface area (TPSA) is 30.7 Å². The number of hydrogen-bond donors (Lipinski definition) is 0. The molecule has 0 bridgehead atoms. The zero-order valence-electron chi connectivity index (χ0n) is 12.3. The summed E-state index contributed by atoms with van der Waals surface area (Å²) in [6, 6.07) is 6.40. The first kappa shape index (κ1) is 14.5. The summed E-state index contributed by atoms with van der Waals surface area (Å²) in [7, 11) is 0. The fraction of sp³-hybridized carbons (Fsp3) is 0.375. The molecule has 0 aliphatic rings. The molecule has 3 nitrogen and oxygen atoms in total. The maximum absolute atomic E-state index is 5.92. The number of alkyl halides is 1. The lowest BCUT2D eigenvalue weighted by Crippen LogP contribution is -2.07. The minimum atomic E-state index is 0.595. The molecule has 3 rings (SSSR count). The fourth-order valence-corrected chi connectivity index (χ4v) is 3.37. The van der Waals surface area contributed by atoms with E-state index in [-0.39, 0.29) is 0 Å². The number of halogens is 1. The minimum Gasteiger partial charge on any atom is -0.328 e. The van der Waals surface area contributed by atoms with Crippen LogP contribution in [0.3, 0.4) is 0 Å². The van der Waals surface area contributed by atoms with Crippen molar-refractivity contribution in [1.82, 2.24) is 14.5 Å². The maximum Gasteiger partial charge on any atom is 0.111 e. The van der Waals surface area contributed by atoms with E-state index in [0.29, 0.717) is 5.88 Å². The molecule has 0 aliphatic heterocycles. The molecule has 0 saturated carbocycles. The summed E-state index contributed by atoms with van der Waals surface area (Å²) >= 11 is 7.63. The van der Waals surface area contributed by atoms with Crippen LogP contribution in [0, 0.1) is 13.8 Å². The number of imidazole rings is 1. The normalized spacial score (nSPS) is 11.4. The molecule has 21 heavy (non-hydrogen) atoms. The molecule has 0 aliphatic carbocycles. The zero-order chi connectivity index (χ0) is 14.8. The van der Waals surface area contributed by atoms with E-state index in [1.807, 2.05) is 6.92 Å². The van der Waals surface area contributed by atoms with Gasteiger partial charge >= 0.3 is 0 Å². The van der Waals surface area contributed by atoms with E-state index in [2.05, 4.69) is 40.1 Å². The first-order chi connectivity index (χ1) is 10.2. The zero-order valence-corrected chi connectivity index (χ0v) is 13.8. The number of nitrogens with zero attached hydrogens (tertiary/aromatic N) is 3. The third kappa shape index (κ3) is 3.11. The van der Waals surface area contributed by atoms with Gasteiger partial charge < -0.3 is 4.57 Å². The van der Waals surface area contributed by atoms with Crippen LogP contribution in [-0.2, 0) is 19.4 Å². The van der Waals surface area contributed by atoms with E-state index < -0.39 is 0 Å². The van der Waals surface area contributed by atoms with Crippen LogP contribution in [0.15, 0.2) is 23.6 Å². The molecule has 0 fully saturated rings. The van der Waals surface area contributed by atoms with Gasteiger partial charge in [-0.1, -0.05) is 6.07 Å². The Hall–Kier alpha value is -1.39. The van der Waals surface area contributed by atoms with E-state index in [9.17, 15) is 0 Å². The smallest absolute Gasteiger partial charge is 0.111 e. The van der Waals surface area contributed by atoms with Crippen LogP contribution >= 0.6 is 22.9 Å². The average Bonchev–Trinajstić information content (AvgIpc) is 3.01. The van der Waals surface area contributed by atoms with Crippen LogP contribution in [0.2, 0.25) is 0 Å². The summed E-state index contributed by atoms with van der Waals surface area (Å²) in [5.41, 5.74) is 4.66. The molecule has 0 saturated heterocycles. The van der Waals surface area contributed by atoms with Crippen molar-refractivity contribution in [1.29, 1.82) is 0 Å². The van der Waals surface area contributed by atoms with Gasteiger partial charge in [-0.15, -0.1) is 22.9 Å². The van der Waals surface area contributed by atoms with Gasteiger partial charge in [-0.25, -0.2) is 9.97 Å². The van der Waals surface area contributed by atoms with Crippen molar-refractivity contribution >= 4 is 34.0 Å². The number of aromatic nitrogens is 3. The number of aryl methyl sites for hydroxylation is 5. The monoisotopic (exact) mass is 319 g/mol. The highest BCUT2D eigenvalue weighted by molar-refractivity contribution is 7.09. The molecule has 0 unspecified atom stereocenters. The molecular weight excluding hydrogens is 302 g/mol. The molecular formula is C16H18ClN3S. The van der Waals surface area contributed by atoms with Gasteiger partial charge in [0.2, 0.25) is 0 Å². The Balaban J connectivity index is 1.94. The second-order valence-corrected chi connectivity index (χ2v) is 6.66. The van der Waals surface area contributed by atoms with Crippen molar-refractivity contribution in [2.24, 2.45) is 0 Å². The molecule has 5 heteroatoms. The predicted molar refractivity (Wildman–Crippen MR) is 89.4 cm³/mol. The maximum atomic E-state index is 5.92. The van der Waals surface area contributed by atoms with Crippen molar-refractivity contribution in [3.05, 3.63) is 45.7 Å². The molecule has 0 atom stereocenters. The number of benzene rings is 1. The fourth-order valence-electron chi connectivity index (χ4n) is 2.56. The van der Waals surface area contributed by atoms with Gasteiger partial charge in [-0.2, -0.15) is 0 Å². The molecule has 0 spiro atoms. The van der Waals surface area contributed by atoms with Crippen molar-refractivity contribution < 1.29 is 0 Å². The third-order valence-electron chi connectivity index (χ3n) is 3.56. The van der Waals surface area contributed by atoms with E-state index in [1.165, 1.54) is 11.1 Å². The van der Waals surface area contributed by atoms with Gasteiger partial charge in [0.05, 0.1) is 21.7 Å². The van der Waals surface area contributed by atoms with Crippen LogP contribution < -0.4 is 0 Å². The van der Waals surface area contributed by atoms with Gasteiger partial charge in [0.25, 0.3) is 0 Å². The molecule has 2 aromatic heterocycles. The van der Waals surface area contributed by atoms with E-state index in [1.54, 1.807) is 11.3 Å². The average molecular weight is 320 g/mol. The predicted octanol–water partition coefficient (Wildman–Crippen LogP) is 4.13. The Morgan fingerprint density at radius 3 is 2.76 bits per heavy atom. The largest absolute Gasteiger partial charge is 0.328 e. The summed E-state index contributed by atoms with van der Waals surface area (Å²) in [6.07, 6.45) is 1.73. The van der Waals surface area contributed by atoms with Crippen LogP contribution in [0.5, 0.6) is 0 Å². The quantitative estimate of drug-likeness (QED) is 0.662. The van der Waals surface area contributed by atoms with Gasteiger partial charge in [0.1, 0.15) is 5.82 Å². The molecule has 0 N–H and O–H groups in total. The molecule has 0 radical (unpaired) electrons. The highest BCUT2D eigenvalue weighted by Crippen LogP contribution is 2.20. The summed E-state index contributed by atoms with van der Waals surface area (Å²) in [4.78, 5) is 9.26. The van der Waals surface area contributed by atoms with Gasteiger partial charge in [0, 0.05) is 30.6 Å². The second kappa shape index (κ2) is 6.16. The van der Waals surface area contributed by atoms with Crippen LogP contribution in [-0.4, -0.2) is 20.4 Å². The lowest BCUT2D eigenvalue weighted by molar-refractivity contribution is 0.667. The van der Waals surface area contributed by atoms with Gasteiger partial charge in [-0.3, -0.25) is 0 Å². The first-order valence-electron chi connectivity index (χ1n) is 7.10. The summed E-state index contributed by atoms with van der Waals surface area (Å²) in [5.74, 6) is 1.66. The van der Waals surface area contributed by atoms with Crippen molar-refractivity contribution in [2.45, 2.75) is 33.2 Å². The van der Waals surface area contributed by atoms with Gasteiger partial charge in [0.15, 0.2) is 0 Å². The van der Waals surface area contributed by atoms with Gasteiger partial charge in [-0.05, 0) is 31.5 Å². The van der Waals surface area contributed by atoms with Crippen molar-refractivity contribution in [3.8, 4) is 0 Å². The molecule has 110 valence electrons. The van der Waals surface area contributed by atoms with E-state index in [4.69, 9.17) is 16.6 Å². The number of fused-ring (bicyclic) bond motifs is 1. The standard InChI is InChI=1S/C16H18ClN3S/c1-11-3-4-14-15(9-11)20(16(19-14)5-7-17)8-6-13-10-21-12(2)18-13/h3-4,9-10H,5-8H2,1-2H3.